The molecule has 0 saturated carbocycles. The summed E-state index contributed by atoms with van der Waals surface area (Å²) in [6.45, 7) is 6.19. The lowest BCUT2D eigenvalue weighted by molar-refractivity contribution is -0.120. The van der Waals surface area contributed by atoms with E-state index in [0.717, 1.165) is 37.2 Å². The molecule has 1 aromatic carbocycles. The van der Waals surface area contributed by atoms with Gasteiger partial charge in [0.15, 0.2) is 0 Å². The first-order valence-electron chi connectivity index (χ1n) is 7.52. The molecule has 1 aromatic rings. The van der Waals surface area contributed by atoms with Crippen LogP contribution in [0.1, 0.15) is 35.7 Å². The lowest BCUT2D eigenvalue weighted by Crippen LogP contribution is -2.34. The van der Waals surface area contributed by atoms with Crippen LogP contribution in [0.25, 0.3) is 0 Å². The van der Waals surface area contributed by atoms with E-state index in [4.69, 9.17) is 0 Å². The number of aryl methyl sites for hydroxylation is 1. The van der Waals surface area contributed by atoms with Gasteiger partial charge >= 0.3 is 0 Å². The summed E-state index contributed by atoms with van der Waals surface area (Å²) < 4.78 is 0. The Labute approximate surface area is 137 Å². The highest BCUT2D eigenvalue weighted by molar-refractivity contribution is 5.97. The Kier molecular flexibility index (Phi) is 7.35. The van der Waals surface area contributed by atoms with Crippen LogP contribution >= 0.6 is 12.4 Å². The van der Waals surface area contributed by atoms with E-state index < -0.39 is 0 Å². The third kappa shape index (κ3) is 4.71. The van der Waals surface area contributed by atoms with Crippen molar-refractivity contribution < 1.29 is 9.59 Å². The number of hydrogen-bond acceptors (Lipinski definition) is 3. The highest BCUT2D eigenvalue weighted by atomic mass is 35.5. The lowest BCUT2D eigenvalue weighted by atomic mass is 9.97. The van der Waals surface area contributed by atoms with Crippen molar-refractivity contribution in [1.82, 2.24) is 10.6 Å². The van der Waals surface area contributed by atoms with Crippen LogP contribution in [0.2, 0.25) is 0 Å². The first-order valence-corrected chi connectivity index (χ1v) is 7.52. The molecule has 122 valence electrons. The molecule has 0 aromatic heterocycles. The van der Waals surface area contributed by atoms with Crippen molar-refractivity contribution in [1.29, 1.82) is 0 Å². The zero-order valence-corrected chi connectivity index (χ0v) is 13.9. The number of piperidine rings is 1. The Morgan fingerprint density at radius 1 is 1.27 bits per heavy atom. The van der Waals surface area contributed by atoms with E-state index in [1.807, 2.05) is 19.9 Å². The molecule has 0 radical (unpaired) electrons. The van der Waals surface area contributed by atoms with Gasteiger partial charge < -0.3 is 16.0 Å². The fraction of sp³-hybridized carbons (Fsp3) is 0.500. The Morgan fingerprint density at radius 2 is 1.95 bits per heavy atom. The second-order valence-corrected chi connectivity index (χ2v) is 5.40. The molecule has 0 spiro atoms. The van der Waals surface area contributed by atoms with Gasteiger partial charge in [-0.25, -0.2) is 0 Å². The molecule has 1 saturated heterocycles. The number of amides is 2. The quantitative estimate of drug-likeness (QED) is 0.794. The molecule has 0 unspecified atom stereocenters. The number of hydrogen-bond donors (Lipinski definition) is 3. The van der Waals surface area contributed by atoms with Gasteiger partial charge in [0.1, 0.15) is 0 Å². The van der Waals surface area contributed by atoms with Gasteiger partial charge in [-0.2, -0.15) is 0 Å². The maximum Gasteiger partial charge on any atom is 0.251 e. The average Bonchev–Trinajstić information content (AvgIpc) is 2.50. The summed E-state index contributed by atoms with van der Waals surface area (Å²) in [5, 5.41) is 9.00. The SMILES string of the molecule is CCNC(=O)c1ccc(NC(=O)C2CCNCC2)c(C)c1.Cl. The number of nitrogens with one attached hydrogen (secondary N) is 3. The van der Waals surface area contributed by atoms with Gasteiger partial charge in [0.25, 0.3) is 5.91 Å². The van der Waals surface area contributed by atoms with Crippen LogP contribution < -0.4 is 16.0 Å². The van der Waals surface area contributed by atoms with Crippen molar-refractivity contribution in [3.63, 3.8) is 0 Å². The van der Waals surface area contributed by atoms with Crippen LogP contribution in [0.15, 0.2) is 18.2 Å². The smallest absolute Gasteiger partial charge is 0.251 e. The van der Waals surface area contributed by atoms with Crippen LogP contribution in [-0.2, 0) is 4.79 Å². The lowest BCUT2D eigenvalue weighted by Gasteiger charge is -2.22. The van der Waals surface area contributed by atoms with E-state index in [1.165, 1.54) is 0 Å². The Bertz CT molecular complexity index is 528. The van der Waals surface area contributed by atoms with E-state index in [2.05, 4.69) is 16.0 Å². The van der Waals surface area contributed by atoms with Crippen LogP contribution in [0.4, 0.5) is 5.69 Å². The first-order chi connectivity index (χ1) is 10.1. The molecule has 1 aliphatic heterocycles. The van der Waals surface area contributed by atoms with Gasteiger partial charge in [0, 0.05) is 23.7 Å². The first kappa shape index (κ1) is 18.5. The Balaban J connectivity index is 0.00000242. The molecular weight excluding hydrogens is 302 g/mol. The minimum atomic E-state index is -0.0863. The predicted octanol–water partition coefficient (Wildman–Crippen LogP) is 2.10. The standard InChI is InChI=1S/C16H23N3O2.ClH/c1-3-18-15(20)13-4-5-14(11(2)10-13)19-16(21)12-6-8-17-9-7-12;/h4-5,10,12,17H,3,6-9H2,1-2H3,(H,18,20)(H,19,21);1H. The zero-order valence-electron chi connectivity index (χ0n) is 13.1. The van der Waals surface area contributed by atoms with Crippen molar-refractivity contribution in [3.8, 4) is 0 Å². The highest BCUT2D eigenvalue weighted by Gasteiger charge is 2.21. The third-order valence-electron chi connectivity index (χ3n) is 3.79. The van der Waals surface area contributed by atoms with E-state index in [1.54, 1.807) is 12.1 Å². The van der Waals surface area contributed by atoms with E-state index in [-0.39, 0.29) is 30.1 Å². The minimum absolute atomic E-state index is 0. The van der Waals surface area contributed by atoms with Gasteiger partial charge in [0.05, 0.1) is 0 Å². The second kappa shape index (κ2) is 8.76. The third-order valence-corrected chi connectivity index (χ3v) is 3.79. The molecule has 1 heterocycles. The molecule has 0 aliphatic carbocycles. The summed E-state index contributed by atoms with van der Waals surface area (Å²) in [5.41, 5.74) is 2.31. The summed E-state index contributed by atoms with van der Waals surface area (Å²) >= 11 is 0. The maximum absolute atomic E-state index is 12.2. The average molecular weight is 326 g/mol. The number of carbonyl (C=O) groups excluding carboxylic acids is 2. The fourth-order valence-electron chi connectivity index (χ4n) is 2.53. The van der Waals surface area contributed by atoms with Gasteiger partial charge in [-0.1, -0.05) is 0 Å². The van der Waals surface area contributed by atoms with E-state index in [9.17, 15) is 9.59 Å². The van der Waals surface area contributed by atoms with Crippen LogP contribution in [0.5, 0.6) is 0 Å². The summed E-state index contributed by atoms with van der Waals surface area (Å²) in [6, 6.07) is 5.36. The molecule has 1 aliphatic rings. The second-order valence-electron chi connectivity index (χ2n) is 5.40. The predicted molar refractivity (Wildman–Crippen MR) is 90.7 cm³/mol. The molecule has 2 amide bonds. The van der Waals surface area contributed by atoms with Gasteiger partial charge in [-0.15, -0.1) is 12.4 Å². The van der Waals surface area contributed by atoms with E-state index in [0.29, 0.717) is 12.1 Å². The van der Waals surface area contributed by atoms with Gasteiger partial charge in [-0.3, -0.25) is 9.59 Å². The van der Waals surface area contributed by atoms with E-state index >= 15 is 0 Å². The number of benzene rings is 1. The van der Waals surface area contributed by atoms with Crippen LogP contribution in [0, 0.1) is 12.8 Å². The zero-order chi connectivity index (χ0) is 15.2. The molecule has 0 atom stereocenters. The fourth-order valence-corrected chi connectivity index (χ4v) is 2.53. The summed E-state index contributed by atoms with van der Waals surface area (Å²) in [4.78, 5) is 24.0. The molecule has 2 rings (SSSR count). The molecule has 6 heteroatoms. The molecular formula is C16H24ClN3O2. The van der Waals surface area contributed by atoms with Crippen LogP contribution in [0.3, 0.4) is 0 Å². The molecule has 22 heavy (non-hydrogen) atoms. The maximum atomic E-state index is 12.2. The van der Waals surface area contributed by atoms with Gasteiger partial charge in [-0.05, 0) is 63.5 Å². The topological polar surface area (TPSA) is 70.2 Å². The molecule has 5 nitrogen and oxygen atoms in total. The van der Waals surface area contributed by atoms with Crippen LogP contribution in [-0.4, -0.2) is 31.4 Å². The summed E-state index contributed by atoms with van der Waals surface area (Å²) in [5.74, 6) is 0.0657. The van der Waals surface area contributed by atoms with Crippen molar-refractivity contribution >= 4 is 29.9 Å². The minimum Gasteiger partial charge on any atom is -0.352 e. The van der Waals surface area contributed by atoms with Crippen molar-refractivity contribution in [2.24, 2.45) is 5.92 Å². The largest absolute Gasteiger partial charge is 0.352 e. The molecule has 0 bridgehead atoms. The number of anilines is 1. The highest BCUT2D eigenvalue weighted by Crippen LogP contribution is 2.20. The number of halogens is 1. The van der Waals surface area contributed by atoms with Gasteiger partial charge in [0.2, 0.25) is 5.91 Å². The Morgan fingerprint density at radius 3 is 2.55 bits per heavy atom. The summed E-state index contributed by atoms with van der Waals surface area (Å²) in [7, 11) is 0. The monoisotopic (exact) mass is 325 g/mol. The Hall–Kier alpha value is -1.59. The van der Waals surface area contributed by atoms with Crippen molar-refractivity contribution in [2.45, 2.75) is 26.7 Å². The van der Waals surface area contributed by atoms with Crippen molar-refractivity contribution in [3.05, 3.63) is 29.3 Å². The normalized spacial score (nSPS) is 14.8. The number of rotatable bonds is 4. The van der Waals surface area contributed by atoms with Crippen molar-refractivity contribution in [2.75, 3.05) is 25.0 Å². The molecule has 1 fully saturated rings. The summed E-state index contributed by atoms with van der Waals surface area (Å²) in [6.07, 6.45) is 1.75. The number of carbonyl (C=O) groups is 2. The molecule has 3 N–H and O–H groups in total.